The number of likely N-dealkylation sites (tertiary alicyclic amines) is 1. The zero-order valence-corrected chi connectivity index (χ0v) is 22.6. The molecule has 6 atom stereocenters. The number of esters is 2. The highest BCUT2D eigenvalue weighted by Gasteiger charge is 2.49. The Bertz CT molecular complexity index is 964. The van der Waals surface area contributed by atoms with E-state index in [9.17, 15) is 23.2 Å². The Balaban J connectivity index is 0.000000320. The summed E-state index contributed by atoms with van der Waals surface area (Å²) in [6.45, 7) is 4.96. The van der Waals surface area contributed by atoms with Crippen molar-refractivity contribution in [2.45, 2.75) is 70.1 Å². The minimum atomic E-state index is -2.85. The molecule has 1 saturated carbocycles. The Morgan fingerprint density at radius 3 is 2.36 bits per heavy atom. The van der Waals surface area contributed by atoms with Crippen molar-refractivity contribution in [1.29, 1.82) is 0 Å². The molecule has 9 nitrogen and oxygen atoms in total. The molecule has 0 aromatic heterocycles. The van der Waals surface area contributed by atoms with Crippen molar-refractivity contribution < 1.29 is 42.9 Å². The molecule has 39 heavy (non-hydrogen) atoms. The largest absolute Gasteiger partial charge is 0.479 e. The summed E-state index contributed by atoms with van der Waals surface area (Å²) in [6.07, 6.45) is 1.75. The fourth-order valence-corrected chi connectivity index (χ4v) is 5.91. The Kier molecular flexibility index (Phi) is 11.2. The number of aliphatic hydroxyl groups is 1. The van der Waals surface area contributed by atoms with Crippen LogP contribution in [0.2, 0.25) is 0 Å². The van der Waals surface area contributed by atoms with Crippen molar-refractivity contribution >= 4 is 17.9 Å². The monoisotopic (exact) mass is 554 g/mol. The second kappa shape index (κ2) is 14.1. The number of carbonyl (C=O) groups is 3. The molecule has 1 aromatic carbocycles. The number of alkyl halides is 2. The van der Waals surface area contributed by atoms with Crippen molar-refractivity contribution in [3.8, 4) is 0 Å². The summed E-state index contributed by atoms with van der Waals surface area (Å²) in [6, 6.07) is 7.13. The van der Waals surface area contributed by atoms with Crippen molar-refractivity contribution in [2.75, 3.05) is 32.8 Å². The molecule has 2 heterocycles. The standard InChI is InChI=1S/C20H32F2N2O4.C8H8O3/c1-3-27-18(25)16-8-15-7-13(5-6-14(15)10-23-16)11-24-12-20(21,22)9-17(24)19(26)28-4-2;9-7(8(10)11)6-4-2-1-3-5-6/h13-17,23H,3-12H2,1-2H3;1-5,7,9H,(H,10,11)/t13?,14?,15?,16?,17-;7-/m01/s1. The predicted octanol–water partition coefficient (Wildman–Crippen LogP) is 3.02. The van der Waals surface area contributed by atoms with E-state index in [2.05, 4.69) is 5.32 Å². The van der Waals surface area contributed by atoms with Gasteiger partial charge in [0.2, 0.25) is 0 Å². The number of nitrogens with zero attached hydrogens (tertiary/aromatic N) is 1. The van der Waals surface area contributed by atoms with Crippen molar-refractivity contribution in [3.05, 3.63) is 35.9 Å². The van der Waals surface area contributed by atoms with Gasteiger partial charge in [-0.1, -0.05) is 30.3 Å². The molecule has 1 aromatic rings. The van der Waals surface area contributed by atoms with Crippen LogP contribution in [0.3, 0.4) is 0 Å². The summed E-state index contributed by atoms with van der Waals surface area (Å²) in [5.74, 6) is -3.66. The van der Waals surface area contributed by atoms with Gasteiger partial charge in [-0.25, -0.2) is 13.6 Å². The average Bonchev–Trinajstić information content (AvgIpc) is 3.22. The van der Waals surface area contributed by atoms with E-state index in [0.29, 0.717) is 30.6 Å². The zero-order chi connectivity index (χ0) is 28.6. The molecule has 3 N–H and O–H groups in total. The average molecular weight is 555 g/mol. The van der Waals surface area contributed by atoms with Crippen LogP contribution in [0.25, 0.3) is 0 Å². The minimum absolute atomic E-state index is 0.199. The van der Waals surface area contributed by atoms with E-state index < -0.39 is 36.4 Å². The van der Waals surface area contributed by atoms with Gasteiger partial charge < -0.3 is 25.0 Å². The molecule has 0 amide bonds. The number of hydrogen-bond acceptors (Lipinski definition) is 8. The zero-order valence-electron chi connectivity index (χ0n) is 22.6. The summed E-state index contributed by atoms with van der Waals surface area (Å²) in [5, 5.41) is 20.7. The molecule has 4 unspecified atom stereocenters. The number of piperidine rings is 1. The van der Waals surface area contributed by atoms with Gasteiger partial charge in [-0.2, -0.15) is 0 Å². The lowest BCUT2D eigenvalue weighted by atomic mass is 9.69. The van der Waals surface area contributed by atoms with Crippen LogP contribution < -0.4 is 5.32 Å². The third kappa shape index (κ3) is 8.68. The van der Waals surface area contributed by atoms with E-state index in [4.69, 9.17) is 19.7 Å². The lowest BCUT2D eigenvalue weighted by molar-refractivity contribution is -0.149. The number of fused-ring (bicyclic) bond motifs is 1. The normalized spacial score (nSPS) is 28.8. The van der Waals surface area contributed by atoms with Crippen LogP contribution in [-0.2, 0) is 23.9 Å². The summed E-state index contributed by atoms with van der Waals surface area (Å²) in [4.78, 5) is 36.1. The number of carbonyl (C=O) groups excluding carboxylic acids is 2. The number of nitrogens with one attached hydrogen (secondary N) is 1. The Morgan fingerprint density at radius 1 is 1.05 bits per heavy atom. The smallest absolute Gasteiger partial charge is 0.337 e. The van der Waals surface area contributed by atoms with Gasteiger partial charge in [0.05, 0.1) is 19.8 Å². The van der Waals surface area contributed by atoms with Crippen molar-refractivity contribution in [3.63, 3.8) is 0 Å². The maximum absolute atomic E-state index is 14.0. The van der Waals surface area contributed by atoms with Gasteiger partial charge >= 0.3 is 17.9 Å². The molecule has 3 aliphatic rings. The number of benzene rings is 1. The Hall–Kier alpha value is -2.63. The molecule has 2 saturated heterocycles. The number of carboxylic acids is 1. The second-order valence-electron chi connectivity index (χ2n) is 10.6. The SMILES string of the molecule is CCOC(=O)C1CC2CC(CN3CC(F)(F)C[C@H]3C(=O)OCC)CCC2CN1.O=C(O)[C@H](O)c1ccccc1. The third-order valence-electron chi connectivity index (χ3n) is 7.75. The van der Waals surface area contributed by atoms with E-state index in [1.54, 1.807) is 49.1 Å². The second-order valence-corrected chi connectivity index (χ2v) is 10.6. The summed E-state index contributed by atoms with van der Waals surface area (Å²) in [5.41, 5.74) is 0.403. The molecular formula is C28H40F2N2O7. The fourth-order valence-electron chi connectivity index (χ4n) is 5.91. The van der Waals surface area contributed by atoms with E-state index in [1.165, 1.54) is 0 Å². The van der Waals surface area contributed by atoms with Crippen LogP contribution >= 0.6 is 0 Å². The number of aliphatic hydroxyl groups excluding tert-OH is 1. The van der Waals surface area contributed by atoms with Gasteiger partial charge in [-0.15, -0.1) is 0 Å². The first-order valence-electron chi connectivity index (χ1n) is 13.7. The lowest BCUT2D eigenvalue weighted by Crippen LogP contribution is -2.51. The first-order chi connectivity index (χ1) is 18.5. The van der Waals surface area contributed by atoms with E-state index in [1.807, 2.05) is 0 Å². The number of halogens is 2. The summed E-state index contributed by atoms with van der Waals surface area (Å²) >= 11 is 0. The van der Waals surface area contributed by atoms with E-state index in [0.717, 1.165) is 32.2 Å². The van der Waals surface area contributed by atoms with Crippen LogP contribution in [0, 0.1) is 17.8 Å². The molecular weight excluding hydrogens is 514 g/mol. The first kappa shape index (κ1) is 30.9. The van der Waals surface area contributed by atoms with Gasteiger partial charge in [0.1, 0.15) is 12.1 Å². The predicted molar refractivity (Wildman–Crippen MR) is 138 cm³/mol. The lowest BCUT2D eigenvalue weighted by Gasteiger charge is -2.43. The van der Waals surface area contributed by atoms with Crippen LogP contribution in [0.4, 0.5) is 8.78 Å². The quantitative estimate of drug-likeness (QED) is 0.416. The summed E-state index contributed by atoms with van der Waals surface area (Å²) < 4.78 is 38.1. The van der Waals surface area contributed by atoms with Gasteiger partial charge in [0.15, 0.2) is 6.10 Å². The van der Waals surface area contributed by atoms with Gasteiger partial charge in [0, 0.05) is 13.0 Å². The molecule has 1 aliphatic carbocycles. The highest BCUT2D eigenvalue weighted by Crippen LogP contribution is 2.41. The number of rotatable bonds is 8. The van der Waals surface area contributed by atoms with Gasteiger partial charge in [-0.05, 0) is 69.4 Å². The van der Waals surface area contributed by atoms with Gasteiger partial charge in [-0.3, -0.25) is 14.5 Å². The van der Waals surface area contributed by atoms with Crippen LogP contribution in [0.1, 0.15) is 57.6 Å². The molecule has 4 rings (SSSR count). The van der Waals surface area contributed by atoms with E-state index >= 15 is 0 Å². The topological polar surface area (TPSA) is 125 Å². The Morgan fingerprint density at radius 2 is 1.72 bits per heavy atom. The molecule has 218 valence electrons. The van der Waals surface area contributed by atoms with Crippen LogP contribution in [0.15, 0.2) is 30.3 Å². The molecule has 0 radical (unpaired) electrons. The Labute approximate surface area is 227 Å². The van der Waals surface area contributed by atoms with Crippen molar-refractivity contribution in [1.82, 2.24) is 10.2 Å². The molecule has 3 fully saturated rings. The highest BCUT2D eigenvalue weighted by atomic mass is 19.3. The first-order valence-corrected chi connectivity index (χ1v) is 13.7. The molecule has 0 bridgehead atoms. The number of aliphatic carboxylic acids is 1. The van der Waals surface area contributed by atoms with E-state index in [-0.39, 0.29) is 31.1 Å². The molecule has 11 heteroatoms. The third-order valence-corrected chi connectivity index (χ3v) is 7.75. The van der Waals surface area contributed by atoms with Gasteiger partial charge in [0.25, 0.3) is 5.92 Å². The number of carboxylic acid groups (broad SMARTS) is 1. The van der Waals surface area contributed by atoms with Crippen LogP contribution in [0.5, 0.6) is 0 Å². The molecule has 0 spiro atoms. The highest BCUT2D eigenvalue weighted by molar-refractivity contribution is 5.76. The molecule has 2 aliphatic heterocycles. The minimum Gasteiger partial charge on any atom is -0.479 e. The fraction of sp³-hybridized carbons (Fsp3) is 0.679. The maximum Gasteiger partial charge on any atom is 0.337 e. The van der Waals surface area contributed by atoms with Crippen LogP contribution in [-0.4, -0.2) is 83.9 Å². The maximum atomic E-state index is 14.0. The number of hydrogen-bond donors (Lipinski definition) is 3. The summed E-state index contributed by atoms with van der Waals surface area (Å²) in [7, 11) is 0. The van der Waals surface area contributed by atoms with Crippen molar-refractivity contribution in [2.24, 2.45) is 17.8 Å². The number of ether oxygens (including phenoxy) is 2.